The smallest absolute Gasteiger partial charge is 0.345 e. The Hall–Kier alpha value is -2.57. The van der Waals surface area contributed by atoms with Gasteiger partial charge >= 0.3 is 5.69 Å². The molecule has 138 valence electrons. The van der Waals surface area contributed by atoms with Crippen molar-refractivity contribution in [2.75, 3.05) is 19.7 Å². The number of aryl methyl sites for hydroxylation is 1. The number of hydrogen-bond acceptors (Lipinski definition) is 4. The molecule has 2 aromatic rings. The molecule has 7 heteroatoms. The lowest BCUT2D eigenvalue weighted by Crippen LogP contribution is -2.41. The van der Waals surface area contributed by atoms with Gasteiger partial charge in [0, 0.05) is 32.1 Å². The highest BCUT2D eigenvalue weighted by molar-refractivity contribution is 5.77. The molecule has 1 aliphatic carbocycles. The monoisotopic (exact) mass is 356 g/mol. The molecule has 1 aromatic heterocycles. The van der Waals surface area contributed by atoms with Crippen LogP contribution < -0.4 is 10.4 Å². The molecular formula is C19H24N4O3. The maximum atomic E-state index is 12.4. The SMILES string of the molecule is Cn1nc(C2CCN(C(=O)COc3ccccc3)CC2)n(C2CC2)c1=O. The number of likely N-dealkylation sites (tertiary alicyclic amines) is 1. The van der Waals surface area contributed by atoms with Crippen molar-refractivity contribution >= 4 is 5.91 Å². The molecule has 0 unspecified atom stereocenters. The number of hydrogen-bond donors (Lipinski definition) is 0. The van der Waals surface area contributed by atoms with E-state index in [1.54, 1.807) is 7.05 Å². The van der Waals surface area contributed by atoms with Crippen LogP contribution in [0.3, 0.4) is 0 Å². The van der Waals surface area contributed by atoms with Gasteiger partial charge in [0.15, 0.2) is 6.61 Å². The molecule has 1 aromatic carbocycles. The van der Waals surface area contributed by atoms with Crippen LogP contribution in [0.1, 0.15) is 43.5 Å². The van der Waals surface area contributed by atoms with Crippen molar-refractivity contribution in [2.24, 2.45) is 7.05 Å². The number of ether oxygens (including phenoxy) is 1. The quantitative estimate of drug-likeness (QED) is 0.818. The molecule has 7 nitrogen and oxygen atoms in total. The van der Waals surface area contributed by atoms with E-state index in [1.807, 2.05) is 39.8 Å². The van der Waals surface area contributed by atoms with Gasteiger partial charge in [-0.05, 0) is 37.8 Å². The zero-order valence-corrected chi connectivity index (χ0v) is 15.0. The van der Waals surface area contributed by atoms with E-state index >= 15 is 0 Å². The molecule has 1 saturated carbocycles. The number of aromatic nitrogens is 3. The predicted molar refractivity (Wildman–Crippen MR) is 96.2 cm³/mol. The molecule has 1 aliphatic heterocycles. The summed E-state index contributed by atoms with van der Waals surface area (Å²) in [5.74, 6) is 1.85. The summed E-state index contributed by atoms with van der Waals surface area (Å²) in [6, 6.07) is 9.70. The first-order chi connectivity index (χ1) is 12.6. The molecule has 0 atom stereocenters. The minimum Gasteiger partial charge on any atom is -0.484 e. The topological polar surface area (TPSA) is 69.4 Å². The van der Waals surface area contributed by atoms with E-state index in [1.165, 1.54) is 4.68 Å². The summed E-state index contributed by atoms with van der Waals surface area (Å²) in [4.78, 5) is 26.5. The average molecular weight is 356 g/mol. The van der Waals surface area contributed by atoms with Gasteiger partial charge in [-0.15, -0.1) is 0 Å². The van der Waals surface area contributed by atoms with Crippen molar-refractivity contribution < 1.29 is 9.53 Å². The summed E-state index contributed by atoms with van der Waals surface area (Å²) in [6.07, 6.45) is 3.79. The minimum atomic E-state index is -0.0164. The zero-order chi connectivity index (χ0) is 18.1. The summed E-state index contributed by atoms with van der Waals surface area (Å²) in [6.45, 7) is 1.42. The molecule has 2 fully saturated rings. The molecule has 26 heavy (non-hydrogen) atoms. The summed E-state index contributed by atoms with van der Waals surface area (Å²) >= 11 is 0. The Bertz CT molecular complexity index is 830. The van der Waals surface area contributed by atoms with Crippen molar-refractivity contribution in [2.45, 2.75) is 37.6 Å². The van der Waals surface area contributed by atoms with Gasteiger partial charge in [-0.1, -0.05) is 18.2 Å². The Labute approximate surface area is 152 Å². The highest BCUT2D eigenvalue weighted by atomic mass is 16.5. The van der Waals surface area contributed by atoms with E-state index in [4.69, 9.17) is 4.74 Å². The summed E-state index contributed by atoms with van der Waals surface area (Å²) in [5, 5.41) is 4.48. The van der Waals surface area contributed by atoms with Gasteiger partial charge in [0.1, 0.15) is 11.6 Å². The second kappa shape index (κ2) is 6.97. The summed E-state index contributed by atoms with van der Waals surface area (Å²) in [7, 11) is 1.71. The van der Waals surface area contributed by atoms with Gasteiger partial charge in [-0.2, -0.15) is 5.10 Å². The lowest BCUT2D eigenvalue weighted by molar-refractivity contribution is -0.134. The minimum absolute atomic E-state index is 0.00732. The van der Waals surface area contributed by atoms with Crippen molar-refractivity contribution in [1.29, 1.82) is 0 Å². The normalized spacial score (nSPS) is 18.1. The predicted octanol–water partition coefficient (Wildman–Crippen LogP) is 1.70. The van der Waals surface area contributed by atoms with Gasteiger partial charge in [0.25, 0.3) is 5.91 Å². The number of benzene rings is 1. The highest BCUT2D eigenvalue weighted by Crippen LogP contribution is 2.37. The fourth-order valence-corrected chi connectivity index (χ4v) is 3.59. The second-order valence-electron chi connectivity index (χ2n) is 7.12. The average Bonchev–Trinajstić information content (AvgIpc) is 3.47. The molecule has 1 saturated heterocycles. The van der Waals surface area contributed by atoms with E-state index in [0.29, 0.717) is 24.9 Å². The first-order valence-corrected chi connectivity index (χ1v) is 9.24. The third-order valence-corrected chi connectivity index (χ3v) is 5.21. The number of para-hydroxylation sites is 1. The largest absolute Gasteiger partial charge is 0.484 e. The van der Waals surface area contributed by atoms with Crippen molar-refractivity contribution in [3.8, 4) is 5.75 Å². The van der Waals surface area contributed by atoms with Crippen molar-refractivity contribution in [3.63, 3.8) is 0 Å². The fourth-order valence-electron chi connectivity index (χ4n) is 3.59. The van der Waals surface area contributed by atoms with Gasteiger partial charge in [-0.3, -0.25) is 9.36 Å². The van der Waals surface area contributed by atoms with Crippen LogP contribution in [0, 0.1) is 0 Å². The highest BCUT2D eigenvalue weighted by Gasteiger charge is 2.34. The van der Waals surface area contributed by atoms with Crippen LogP contribution in [-0.2, 0) is 11.8 Å². The lowest BCUT2D eigenvalue weighted by Gasteiger charge is -2.31. The number of rotatable bonds is 5. The second-order valence-corrected chi connectivity index (χ2v) is 7.12. The third-order valence-electron chi connectivity index (χ3n) is 5.21. The Morgan fingerprint density at radius 1 is 1.15 bits per heavy atom. The first kappa shape index (κ1) is 16.9. The molecule has 4 rings (SSSR count). The maximum absolute atomic E-state index is 12.4. The van der Waals surface area contributed by atoms with Crippen LogP contribution in [0.25, 0.3) is 0 Å². The van der Waals surface area contributed by atoms with E-state index in [-0.39, 0.29) is 24.1 Å². The van der Waals surface area contributed by atoms with Crippen molar-refractivity contribution in [1.82, 2.24) is 19.2 Å². The van der Waals surface area contributed by atoms with E-state index < -0.39 is 0 Å². The van der Waals surface area contributed by atoms with Crippen LogP contribution in [0.4, 0.5) is 0 Å². The maximum Gasteiger partial charge on any atom is 0.345 e. The number of carbonyl (C=O) groups is 1. The molecule has 0 bridgehead atoms. The van der Waals surface area contributed by atoms with Crippen LogP contribution in [0.2, 0.25) is 0 Å². The Morgan fingerprint density at radius 3 is 2.50 bits per heavy atom. The lowest BCUT2D eigenvalue weighted by atomic mass is 9.96. The molecule has 0 spiro atoms. The number of piperidine rings is 1. The molecule has 2 heterocycles. The fraction of sp³-hybridized carbons (Fsp3) is 0.526. The Morgan fingerprint density at radius 2 is 1.85 bits per heavy atom. The van der Waals surface area contributed by atoms with Gasteiger partial charge in [0.2, 0.25) is 0 Å². The molecule has 0 N–H and O–H groups in total. The molecule has 1 amide bonds. The van der Waals surface area contributed by atoms with E-state index in [9.17, 15) is 9.59 Å². The number of nitrogens with zero attached hydrogens (tertiary/aromatic N) is 4. The molecular weight excluding hydrogens is 332 g/mol. The molecule has 2 aliphatic rings. The van der Waals surface area contributed by atoms with Crippen LogP contribution in [0.5, 0.6) is 5.75 Å². The van der Waals surface area contributed by atoms with Gasteiger partial charge < -0.3 is 9.64 Å². The molecule has 0 radical (unpaired) electrons. The number of amides is 1. The Kier molecular flexibility index (Phi) is 4.53. The van der Waals surface area contributed by atoms with Crippen LogP contribution in [-0.4, -0.2) is 44.9 Å². The van der Waals surface area contributed by atoms with Gasteiger partial charge in [0.05, 0.1) is 0 Å². The van der Waals surface area contributed by atoms with Gasteiger partial charge in [-0.25, -0.2) is 9.48 Å². The number of carbonyl (C=O) groups excluding carboxylic acids is 1. The standard InChI is InChI=1S/C19H24N4O3/c1-21-19(25)23(15-7-8-15)18(20-21)14-9-11-22(12-10-14)17(24)13-26-16-5-3-2-4-6-16/h2-6,14-15H,7-13H2,1H3. The Balaban J connectivity index is 1.35. The summed E-state index contributed by atoms with van der Waals surface area (Å²) < 4.78 is 8.88. The van der Waals surface area contributed by atoms with E-state index in [0.717, 1.165) is 31.5 Å². The zero-order valence-electron chi connectivity index (χ0n) is 15.0. The summed E-state index contributed by atoms with van der Waals surface area (Å²) in [5.41, 5.74) is -0.0164. The van der Waals surface area contributed by atoms with Crippen molar-refractivity contribution in [3.05, 3.63) is 46.6 Å². The first-order valence-electron chi connectivity index (χ1n) is 9.24. The third kappa shape index (κ3) is 3.38. The van der Waals surface area contributed by atoms with Crippen LogP contribution >= 0.6 is 0 Å². The van der Waals surface area contributed by atoms with E-state index in [2.05, 4.69) is 5.10 Å². The van der Waals surface area contributed by atoms with Crippen LogP contribution in [0.15, 0.2) is 35.1 Å².